The number of thiazole rings is 1. The molecule has 0 N–H and O–H groups in total. The number of hydrogen-bond acceptors (Lipinski definition) is 6. The number of fused-ring (bicyclic) bond motifs is 1. The zero-order chi connectivity index (χ0) is 22.7. The van der Waals surface area contributed by atoms with Crippen LogP contribution in [0.3, 0.4) is 0 Å². The Labute approximate surface area is 199 Å². The summed E-state index contributed by atoms with van der Waals surface area (Å²) in [6, 6.07) is 6.85. The molecule has 7 nitrogen and oxygen atoms in total. The van der Waals surface area contributed by atoms with Gasteiger partial charge in [0.05, 0.1) is 25.2 Å². The Morgan fingerprint density at radius 2 is 1.85 bits per heavy atom. The lowest BCUT2D eigenvalue weighted by molar-refractivity contribution is 0.0985. The highest BCUT2D eigenvalue weighted by Crippen LogP contribution is 2.33. The molecule has 0 aliphatic heterocycles. The Hall–Kier alpha value is -3.24. The van der Waals surface area contributed by atoms with E-state index in [0.29, 0.717) is 41.3 Å². The van der Waals surface area contributed by atoms with Crippen LogP contribution in [0, 0.1) is 11.6 Å². The Morgan fingerprint density at radius 1 is 1.12 bits per heavy atom. The number of aryl methyl sites for hydroxylation is 1. The van der Waals surface area contributed by atoms with Crippen molar-refractivity contribution in [2.75, 3.05) is 25.7 Å². The van der Waals surface area contributed by atoms with Gasteiger partial charge >= 0.3 is 0 Å². The van der Waals surface area contributed by atoms with Crippen molar-refractivity contribution in [2.24, 2.45) is 0 Å². The molecule has 0 aliphatic rings. The van der Waals surface area contributed by atoms with Gasteiger partial charge in [-0.1, -0.05) is 11.3 Å². The molecule has 0 unspecified atom stereocenters. The van der Waals surface area contributed by atoms with Crippen LogP contribution in [0.4, 0.5) is 13.9 Å². The van der Waals surface area contributed by atoms with Gasteiger partial charge in [0, 0.05) is 43.2 Å². The van der Waals surface area contributed by atoms with E-state index < -0.39 is 11.6 Å². The summed E-state index contributed by atoms with van der Waals surface area (Å²) in [4.78, 5) is 23.3. The number of carbonyl (C=O) groups excluding carboxylic acids is 1. The Kier molecular flexibility index (Phi) is 7.83. The normalized spacial score (nSPS) is 10.7. The van der Waals surface area contributed by atoms with E-state index in [0.717, 1.165) is 17.4 Å². The Balaban J connectivity index is 0.00000306. The second-order valence-corrected chi connectivity index (χ2v) is 7.95. The number of methoxy groups -OCH3 is 2. The van der Waals surface area contributed by atoms with Crippen LogP contribution in [0.1, 0.15) is 16.8 Å². The maximum atomic E-state index is 14.2. The number of aromatic nitrogens is 3. The number of amides is 1. The topological polar surface area (TPSA) is 69.5 Å². The fraction of sp³-hybridized carbons (Fsp3) is 0.227. The summed E-state index contributed by atoms with van der Waals surface area (Å²) in [5.74, 6) is -0.892. The monoisotopic (exact) mass is 494 g/mol. The highest BCUT2D eigenvalue weighted by Gasteiger charge is 2.23. The predicted octanol–water partition coefficient (Wildman–Crippen LogP) is 4.95. The number of nitrogens with zero attached hydrogens (tertiary/aromatic N) is 4. The van der Waals surface area contributed by atoms with Crippen molar-refractivity contribution in [1.82, 2.24) is 14.5 Å². The summed E-state index contributed by atoms with van der Waals surface area (Å²) < 4.78 is 40.7. The van der Waals surface area contributed by atoms with Crippen molar-refractivity contribution < 1.29 is 23.0 Å². The molecule has 4 rings (SSSR count). The molecule has 2 aromatic carbocycles. The number of imidazole rings is 1. The molecule has 2 aromatic heterocycles. The number of anilines is 1. The quantitative estimate of drug-likeness (QED) is 0.347. The largest absolute Gasteiger partial charge is 0.497 e. The third-order valence-electron chi connectivity index (χ3n) is 4.83. The van der Waals surface area contributed by atoms with Crippen LogP contribution in [0.5, 0.6) is 11.5 Å². The van der Waals surface area contributed by atoms with E-state index in [9.17, 15) is 13.6 Å². The molecular weight excluding hydrogens is 474 g/mol. The van der Waals surface area contributed by atoms with Crippen LogP contribution in [0.15, 0.2) is 49.1 Å². The van der Waals surface area contributed by atoms with Crippen molar-refractivity contribution in [3.63, 3.8) is 0 Å². The molecule has 0 spiro atoms. The zero-order valence-electron chi connectivity index (χ0n) is 17.8. The van der Waals surface area contributed by atoms with Gasteiger partial charge < -0.3 is 14.0 Å². The van der Waals surface area contributed by atoms with Crippen LogP contribution in [0.2, 0.25) is 0 Å². The number of carbonyl (C=O) groups is 1. The van der Waals surface area contributed by atoms with Crippen molar-refractivity contribution >= 4 is 45.0 Å². The lowest BCUT2D eigenvalue weighted by Gasteiger charge is -2.20. The molecule has 11 heteroatoms. The minimum absolute atomic E-state index is 0. The number of hydrogen-bond donors (Lipinski definition) is 0. The lowest BCUT2D eigenvalue weighted by atomic mass is 10.1. The minimum atomic E-state index is -0.767. The minimum Gasteiger partial charge on any atom is -0.497 e. The smallest absolute Gasteiger partial charge is 0.260 e. The number of rotatable bonds is 8. The van der Waals surface area contributed by atoms with Crippen molar-refractivity contribution in [1.29, 1.82) is 0 Å². The second-order valence-electron chi connectivity index (χ2n) is 6.94. The summed E-state index contributed by atoms with van der Waals surface area (Å²) in [5.41, 5.74) is 0.358. The van der Waals surface area contributed by atoms with Gasteiger partial charge in [0.15, 0.2) is 10.9 Å². The SMILES string of the molecule is COc1cc(OC)cc(C(=O)N(CCCn2ccnc2)c2nc3c(F)cc(F)cc3s2)c1.Cl. The van der Waals surface area contributed by atoms with E-state index >= 15 is 0 Å². The fourth-order valence-electron chi connectivity index (χ4n) is 3.26. The third-order valence-corrected chi connectivity index (χ3v) is 5.86. The van der Waals surface area contributed by atoms with Crippen LogP contribution in [0.25, 0.3) is 10.2 Å². The van der Waals surface area contributed by atoms with E-state index in [-0.39, 0.29) is 29.0 Å². The second kappa shape index (κ2) is 10.6. The average Bonchev–Trinajstić information content (AvgIpc) is 3.46. The molecule has 0 saturated heterocycles. The van der Waals surface area contributed by atoms with E-state index in [1.54, 1.807) is 30.7 Å². The van der Waals surface area contributed by atoms with E-state index in [2.05, 4.69) is 9.97 Å². The van der Waals surface area contributed by atoms with Crippen molar-refractivity contribution in [3.8, 4) is 11.5 Å². The van der Waals surface area contributed by atoms with E-state index in [1.807, 2.05) is 10.8 Å². The Bertz CT molecular complexity index is 1230. The average molecular weight is 495 g/mol. The first kappa shape index (κ1) is 24.4. The van der Waals surface area contributed by atoms with Gasteiger partial charge in [-0.15, -0.1) is 12.4 Å². The number of benzene rings is 2. The zero-order valence-corrected chi connectivity index (χ0v) is 19.5. The van der Waals surface area contributed by atoms with Crippen LogP contribution >= 0.6 is 23.7 Å². The maximum Gasteiger partial charge on any atom is 0.260 e. The molecule has 4 aromatic rings. The predicted molar refractivity (Wildman–Crippen MR) is 125 cm³/mol. The van der Waals surface area contributed by atoms with E-state index in [1.165, 1.54) is 25.2 Å². The molecule has 0 aliphatic carbocycles. The molecule has 0 radical (unpaired) electrons. The lowest BCUT2D eigenvalue weighted by Crippen LogP contribution is -2.32. The maximum absolute atomic E-state index is 14.2. The molecule has 174 valence electrons. The first-order valence-electron chi connectivity index (χ1n) is 9.74. The summed E-state index contributed by atoms with van der Waals surface area (Å²) in [5, 5.41) is 0.280. The molecule has 0 bridgehead atoms. The van der Waals surface area contributed by atoms with E-state index in [4.69, 9.17) is 9.47 Å². The highest BCUT2D eigenvalue weighted by molar-refractivity contribution is 7.22. The number of halogens is 3. The summed E-state index contributed by atoms with van der Waals surface area (Å²) in [7, 11) is 2.99. The van der Waals surface area contributed by atoms with Gasteiger partial charge in [0.25, 0.3) is 5.91 Å². The van der Waals surface area contributed by atoms with Gasteiger partial charge in [-0.25, -0.2) is 18.7 Å². The summed E-state index contributed by atoms with van der Waals surface area (Å²) >= 11 is 1.06. The summed E-state index contributed by atoms with van der Waals surface area (Å²) in [6.07, 6.45) is 5.79. The van der Waals surface area contributed by atoms with Gasteiger partial charge in [0.1, 0.15) is 22.8 Å². The molecular formula is C22H21ClF2N4O3S. The van der Waals surface area contributed by atoms with Gasteiger partial charge in [-0.3, -0.25) is 9.69 Å². The van der Waals surface area contributed by atoms with Gasteiger partial charge in [-0.05, 0) is 24.6 Å². The highest BCUT2D eigenvalue weighted by atomic mass is 35.5. The number of ether oxygens (including phenoxy) is 2. The Morgan fingerprint density at radius 3 is 2.48 bits per heavy atom. The van der Waals surface area contributed by atoms with Crippen molar-refractivity contribution in [3.05, 3.63) is 66.3 Å². The third kappa shape index (κ3) is 5.40. The summed E-state index contributed by atoms with van der Waals surface area (Å²) in [6.45, 7) is 0.930. The molecule has 0 fully saturated rings. The molecule has 33 heavy (non-hydrogen) atoms. The van der Waals surface area contributed by atoms with Crippen LogP contribution < -0.4 is 14.4 Å². The van der Waals surface area contributed by atoms with Gasteiger partial charge in [0.2, 0.25) is 0 Å². The van der Waals surface area contributed by atoms with Crippen LogP contribution in [-0.4, -0.2) is 41.2 Å². The van der Waals surface area contributed by atoms with Gasteiger partial charge in [-0.2, -0.15) is 0 Å². The molecule has 2 heterocycles. The first-order chi connectivity index (χ1) is 15.5. The standard InChI is InChI=1S/C22H20F2N4O3S.ClH/c1-30-16-8-14(9-17(12-16)31-2)21(29)28(6-3-5-27-7-4-25-13-27)22-26-20-18(24)10-15(23)11-19(20)32-22;/h4,7-13H,3,5-6H2,1-2H3;1H. The molecule has 0 atom stereocenters. The van der Waals surface area contributed by atoms with Crippen molar-refractivity contribution in [2.45, 2.75) is 13.0 Å². The fourth-order valence-corrected chi connectivity index (χ4v) is 4.29. The first-order valence-corrected chi connectivity index (χ1v) is 10.6. The molecule has 1 amide bonds. The van der Waals surface area contributed by atoms with Crippen LogP contribution in [-0.2, 0) is 6.54 Å². The molecule has 0 saturated carbocycles.